The van der Waals surface area contributed by atoms with Crippen LogP contribution in [0.3, 0.4) is 0 Å². The first-order chi connectivity index (χ1) is 22.9. The Bertz CT molecular complexity index is 1100. The monoisotopic (exact) mass is 767 g/mol. The van der Waals surface area contributed by atoms with Gasteiger partial charge in [0.1, 0.15) is 42.2 Å². The van der Waals surface area contributed by atoms with Crippen LogP contribution in [0, 0.1) is 5.92 Å². The van der Waals surface area contributed by atoms with E-state index < -0.39 is 38.7 Å². The van der Waals surface area contributed by atoms with E-state index in [-0.39, 0.29) is 38.6 Å². The van der Waals surface area contributed by atoms with Gasteiger partial charge in [0, 0.05) is 57.0 Å². The Balaban J connectivity index is -0.000000545. The van der Waals surface area contributed by atoms with Crippen LogP contribution in [0.25, 0.3) is 11.2 Å². The van der Waals surface area contributed by atoms with Gasteiger partial charge >= 0.3 is 8.60 Å². The lowest BCUT2D eigenvalue weighted by Gasteiger charge is -2.15. The van der Waals surface area contributed by atoms with Crippen molar-refractivity contribution in [2.75, 3.05) is 57.2 Å². The molecule has 1 aliphatic heterocycles. The molecule has 2 aromatic heterocycles. The number of nitrogens with two attached hydrogens (primary N) is 1. The molecule has 280 valence electrons. The fraction of sp³-hybridized carbons (Fsp3) is 0.680. The summed E-state index contributed by atoms with van der Waals surface area (Å²) in [7, 11) is 4.25. The van der Waals surface area contributed by atoms with Crippen LogP contribution in [-0.2, 0) is 30.7 Å². The van der Waals surface area contributed by atoms with Gasteiger partial charge in [0.15, 0.2) is 11.5 Å². The average Bonchev–Trinajstić information content (AvgIpc) is 3.67. The third-order valence-electron chi connectivity index (χ3n) is 5.51. The minimum atomic E-state index is -2.38. The maximum Gasteiger partial charge on any atom is 0.327 e. The molecule has 3 heterocycles. The van der Waals surface area contributed by atoms with Gasteiger partial charge in [-0.15, -0.1) is 0 Å². The number of hydrogen-bond donors (Lipinski definition) is 10. The number of nitrogens with zero attached hydrogens (tertiary/aromatic N) is 4. The van der Waals surface area contributed by atoms with Gasteiger partial charge in [-0.05, 0) is 32.9 Å². The van der Waals surface area contributed by atoms with Gasteiger partial charge in [0.05, 0.1) is 19.5 Å². The number of carbonyl (C=O) groups excluding carboxylic acids is 3. The molecule has 3 rings (SSSR count). The number of amides is 1. The number of thioether (sulfide) groups is 1. The molecular formula is C25H52N7O12P3S. The summed E-state index contributed by atoms with van der Waals surface area (Å²) in [5, 5.41) is 32.2. The van der Waals surface area contributed by atoms with E-state index in [2.05, 4.69) is 30.1 Å². The van der Waals surface area contributed by atoms with Gasteiger partial charge in [0.2, 0.25) is 5.91 Å². The molecule has 19 nitrogen and oxygen atoms in total. The van der Waals surface area contributed by atoms with E-state index in [1.54, 1.807) is 24.7 Å². The van der Waals surface area contributed by atoms with Gasteiger partial charge in [-0.2, -0.15) is 11.8 Å². The summed E-state index contributed by atoms with van der Waals surface area (Å²) in [5.74, 6) is 1.74. The second-order valence-corrected chi connectivity index (χ2v) is 11.2. The summed E-state index contributed by atoms with van der Waals surface area (Å²) >= 11 is 1.82. The lowest BCUT2D eigenvalue weighted by Crippen LogP contribution is -2.40. The summed E-state index contributed by atoms with van der Waals surface area (Å²) < 4.78 is 11.1. The first-order valence-electron chi connectivity index (χ1n) is 14.1. The van der Waals surface area contributed by atoms with Crippen molar-refractivity contribution < 1.29 is 58.5 Å². The molecule has 23 heteroatoms. The second kappa shape index (κ2) is 33.9. The zero-order valence-electron chi connectivity index (χ0n) is 27.5. The first-order valence-corrected chi connectivity index (χ1v) is 17.5. The van der Waals surface area contributed by atoms with Gasteiger partial charge in [-0.3, -0.25) is 9.59 Å². The Morgan fingerprint density at radius 2 is 1.85 bits per heavy atom. The molecule has 11 N–H and O–H groups in total. The Kier molecular flexibility index (Phi) is 35.8. The Labute approximate surface area is 290 Å². The molecule has 2 aromatic rings. The van der Waals surface area contributed by atoms with Gasteiger partial charge in [-0.25, -0.2) is 15.0 Å². The quantitative estimate of drug-likeness (QED) is 0.0568. The number of anilines is 1. The molecule has 6 unspecified atom stereocenters. The number of Topliss-reactive ketones (excluding diaryl/α,β-unsaturated/α-hetero) is 1. The molecule has 0 saturated carbocycles. The number of ether oxygens (including phenoxy) is 1. The summed E-state index contributed by atoms with van der Waals surface area (Å²) in [6.45, 7) is 4.62. The van der Waals surface area contributed by atoms with Crippen LogP contribution >= 0.6 is 39.3 Å². The number of aryl methyl sites for hydroxylation is 1. The van der Waals surface area contributed by atoms with E-state index in [4.69, 9.17) is 40.3 Å². The largest absolute Gasteiger partial charge is 0.396 e. The molecular weight excluding hydrogens is 715 g/mol. The van der Waals surface area contributed by atoms with Crippen LogP contribution in [0.2, 0.25) is 0 Å². The van der Waals surface area contributed by atoms with Crippen LogP contribution in [0.4, 0.5) is 5.82 Å². The highest BCUT2D eigenvalue weighted by molar-refractivity contribution is 7.99. The van der Waals surface area contributed by atoms with E-state index >= 15 is 0 Å². The van der Waals surface area contributed by atoms with E-state index in [0.29, 0.717) is 24.0 Å². The van der Waals surface area contributed by atoms with E-state index in [1.807, 2.05) is 25.9 Å². The van der Waals surface area contributed by atoms with Crippen molar-refractivity contribution in [1.82, 2.24) is 30.2 Å². The lowest BCUT2D eigenvalue weighted by atomic mass is 10.1. The highest BCUT2D eigenvalue weighted by Crippen LogP contribution is 2.29. The fourth-order valence-corrected chi connectivity index (χ4v) is 4.35. The number of aliphatic hydroxyl groups excluding tert-OH is 3. The van der Waals surface area contributed by atoms with Crippen LogP contribution in [0.5, 0.6) is 0 Å². The molecule has 48 heavy (non-hydrogen) atoms. The van der Waals surface area contributed by atoms with Gasteiger partial charge in [-0.1, -0.05) is 6.92 Å². The summed E-state index contributed by atoms with van der Waals surface area (Å²) in [4.78, 5) is 73.8. The van der Waals surface area contributed by atoms with Crippen molar-refractivity contribution in [2.24, 2.45) is 13.0 Å². The topological polar surface area (TPSA) is 305 Å². The number of ketones is 1. The molecule has 1 amide bonds. The van der Waals surface area contributed by atoms with Crippen LogP contribution in [-0.4, -0.2) is 142 Å². The van der Waals surface area contributed by atoms with Gasteiger partial charge < -0.3 is 69.9 Å². The van der Waals surface area contributed by atoms with Crippen LogP contribution in [0.15, 0.2) is 12.7 Å². The predicted octanol–water partition coefficient (Wildman–Crippen LogP) is -1.94. The summed E-state index contributed by atoms with van der Waals surface area (Å²) in [5.41, 5.74) is 6.97. The Hall–Kier alpha value is -1.60. The standard InChI is InChI=1S/C8H15NO4.C7H15NOS.C6H7N5.C4H9O5P.2H3OP/c1-6(5-11)7(12)8(13)9-3-2-4-10;1-7(9)3-5-10-6-4-8-2;1-11-3-10-4-5(7)8-2-9-6(4)11;5-3-1-8-2-4(3)9-10(6)7;2*1-2/h4,6-7,11-12H,2-3,5H2,1H3,(H,9,13);8H,3-6H2,1-2H3;2-3H,1H3,(H2,7,8,9);3-7H,1-2H2;2*1H,2H2. The molecule has 0 aliphatic carbocycles. The Morgan fingerprint density at radius 1 is 1.21 bits per heavy atom. The molecule has 0 radical (unpaired) electrons. The zero-order chi connectivity index (χ0) is 37.5. The number of imidazole rings is 1. The zero-order valence-corrected chi connectivity index (χ0v) is 31.5. The van der Waals surface area contributed by atoms with Crippen LogP contribution < -0.4 is 16.4 Å². The molecule has 1 fully saturated rings. The number of fused-ring (bicyclic) bond motifs is 1. The molecule has 0 bridgehead atoms. The number of hydrogen-bond acceptors (Lipinski definition) is 18. The third-order valence-corrected chi connectivity index (χ3v) is 6.95. The number of aliphatic hydroxyl groups is 3. The molecule has 0 spiro atoms. The SMILES string of the molecule is CC(CO)C(O)C(=O)NCCC=O.CNCCSCCC(C)=O.Cn1cnc2c(N)ncnc21.OC1COCC1OP(O)O.OP.OP. The third kappa shape index (κ3) is 25.4. The smallest absolute Gasteiger partial charge is 0.327 e. The van der Waals surface area contributed by atoms with Gasteiger partial charge in [0.25, 0.3) is 0 Å². The molecule has 1 aliphatic rings. The van der Waals surface area contributed by atoms with Crippen molar-refractivity contribution in [2.45, 2.75) is 45.0 Å². The maximum atomic E-state index is 11.0. The minimum Gasteiger partial charge on any atom is -0.396 e. The maximum absolute atomic E-state index is 11.0. The summed E-state index contributed by atoms with van der Waals surface area (Å²) in [6.07, 6.45) is 2.19. The van der Waals surface area contributed by atoms with Crippen molar-refractivity contribution in [3.8, 4) is 0 Å². The molecule has 0 aromatic carbocycles. The number of carbonyl (C=O) groups is 3. The predicted molar refractivity (Wildman–Crippen MR) is 190 cm³/mol. The highest BCUT2D eigenvalue weighted by atomic mass is 32.2. The highest BCUT2D eigenvalue weighted by Gasteiger charge is 2.29. The van der Waals surface area contributed by atoms with Crippen molar-refractivity contribution >= 4 is 74.3 Å². The second-order valence-electron chi connectivity index (χ2n) is 9.31. The lowest BCUT2D eigenvalue weighted by molar-refractivity contribution is -0.132. The minimum absolute atomic E-state index is 0.202. The van der Waals surface area contributed by atoms with E-state index in [0.717, 1.165) is 23.7 Å². The summed E-state index contributed by atoms with van der Waals surface area (Å²) in [6, 6.07) is 0. The molecule has 6 atom stereocenters. The number of nitrogens with one attached hydrogen (secondary N) is 2. The number of rotatable bonds is 14. The fourth-order valence-electron chi connectivity index (χ4n) is 2.92. The van der Waals surface area contributed by atoms with Crippen molar-refractivity contribution in [1.29, 1.82) is 0 Å². The van der Waals surface area contributed by atoms with E-state index in [9.17, 15) is 19.5 Å². The van der Waals surface area contributed by atoms with Crippen molar-refractivity contribution in [3.05, 3.63) is 12.7 Å². The van der Waals surface area contributed by atoms with Crippen molar-refractivity contribution in [3.63, 3.8) is 0 Å². The number of nitrogen functional groups attached to an aromatic ring is 1. The van der Waals surface area contributed by atoms with E-state index in [1.165, 1.54) is 25.3 Å². The average molecular weight is 768 g/mol. The number of aromatic nitrogens is 4. The normalized spacial score (nSPS) is 15.7. The molecule has 1 saturated heterocycles. The van der Waals surface area contributed by atoms with Crippen LogP contribution in [0.1, 0.15) is 26.7 Å². The first kappa shape index (κ1) is 50.8. The Morgan fingerprint density at radius 3 is 2.33 bits per heavy atom. The number of aldehydes is 1.